The van der Waals surface area contributed by atoms with Gasteiger partial charge in [-0.2, -0.15) is 5.10 Å². The maximum Gasteiger partial charge on any atom is 0.339 e. The van der Waals surface area contributed by atoms with Gasteiger partial charge >= 0.3 is 5.97 Å². The van der Waals surface area contributed by atoms with Crippen LogP contribution in [0, 0.1) is 5.82 Å². The van der Waals surface area contributed by atoms with Crippen LogP contribution >= 0.6 is 0 Å². The zero-order chi connectivity index (χ0) is 14.4. The molecule has 5 nitrogen and oxygen atoms in total. The Hall–Kier alpha value is -2.63. The number of hydrogen-bond donors (Lipinski definition) is 1. The second kappa shape index (κ2) is 4.19. The number of carbonyl (C=O) groups is 1. The summed E-state index contributed by atoms with van der Waals surface area (Å²) in [5.74, 6) is -1.46. The lowest BCUT2D eigenvalue weighted by atomic mass is 10.1. The maximum absolute atomic E-state index is 14.1. The minimum Gasteiger partial charge on any atom is -0.478 e. The molecule has 0 aliphatic rings. The molecule has 0 fully saturated rings. The van der Waals surface area contributed by atoms with Crippen molar-refractivity contribution in [1.29, 1.82) is 0 Å². The van der Waals surface area contributed by atoms with E-state index in [2.05, 4.69) is 5.10 Å². The van der Waals surface area contributed by atoms with Crippen LogP contribution in [0.2, 0.25) is 0 Å². The zero-order valence-corrected chi connectivity index (χ0v) is 11.0. The van der Waals surface area contributed by atoms with E-state index in [1.54, 1.807) is 37.0 Å². The van der Waals surface area contributed by atoms with Crippen LogP contribution < -0.4 is 0 Å². The Morgan fingerprint density at radius 2 is 2.10 bits per heavy atom. The first-order chi connectivity index (χ1) is 9.50. The van der Waals surface area contributed by atoms with Gasteiger partial charge in [0.2, 0.25) is 0 Å². The quantitative estimate of drug-likeness (QED) is 0.780. The second-order valence-electron chi connectivity index (χ2n) is 4.62. The van der Waals surface area contributed by atoms with E-state index in [0.717, 1.165) is 0 Å². The summed E-state index contributed by atoms with van der Waals surface area (Å²) >= 11 is 0. The molecule has 0 radical (unpaired) electrons. The van der Waals surface area contributed by atoms with Gasteiger partial charge in [-0.05, 0) is 12.1 Å². The molecule has 1 aromatic carbocycles. The fourth-order valence-corrected chi connectivity index (χ4v) is 2.49. The van der Waals surface area contributed by atoms with E-state index in [1.165, 1.54) is 16.9 Å². The number of hydrogen-bond acceptors (Lipinski definition) is 2. The van der Waals surface area contributed by atoms with Crippen molar-refractivity contribution in [3.63, 3.8) is 0 Å². The molecule has 0 aliphatic carbocycles. The standard InChI is InChI=1S/C14H12FN3O2/c1-17-7-9(12-10(15)4-3-5-11(12)17)13-8(14(19)20)6-16-18(13)2/h3-7H,1-2H3,(H,19,20). The molecule has 2 heterocycles. The van der Waals surface area contributed by atoms with Crippen LogP contribution in [0.25, 0.3) is 22.2 Å². The Morgan fingerprint density at radius 3 is 2.80 bits per heavy atom. The van der Waals surface area contributed by atoms with Gasteiger partial charge in [0.25, 0.3) is 0 Å². The van der Waals surface area contributed by atoms with Gasteiger partial charge in [0.1, 0.15) is 11.4 Å². The molecule has 0 amide bonds. The lowest BCUT2D eigenvalue weighted by Crippen LogP contribution is -2.00. The van der Waals surface area contributed by atoms with Crippen LogP contribution in [-0.4, -0.2) is 25.4 Å². The molecule has 20 heavy (non-hydrogen) atoms. The van der Waals surface area contributed by atoms with Gasteiger partial charge < -0.3 is 9.67 Å². The van der Waals surface area contributed by atoms with Crippen LogP contribution in [0.5, 0.6) is 0 Å². The molecular weight excluding hydrogens is 261 g/mol. The summed E-state index contributed by atoms with van der Waals surface area (Å²) < 4.78 is 17.3. The number of aromatic nitrogens is 3. The van der Waals surface area contributed by atoms with E-state index in [1.807, 2.05) is 0 Å². The predicted octanol–water partition coefficient (Wildman–Crippen LogP) is 2.42. The molecule has 1 N–H and O–H groups in total. The minimum atomic E-state index is -1.08. The summed E-state index contributed by atoms with van der Waals surface area (Å²) in [6.07, 6.45) is 2.99. The van der Waals surface area contributed by atoms with Crippen molar-refractivity contribution in [2.24, 2.45) is 14.1 Å². The van der Waals surface area contributed by atoms with Gasteiger partial charge in [-0.15, -0.1) is 0 Å². The van der Waals surface area contributed by atoms with E-state index in [4.69, 9.17) is 0 Å². The van der Waals surface area contributed by atoms with E-state index in [-0.39, 0.29) is 11.4 Å². The Bertz CT molecular complexity index is 832. The third kappa shape index (κ3) is 1.61. The predicted molar refractivity (Wildman–Crippen MR) is 72.0 cm³/mol. The van der Waals surface area contributed by atoms with Crippen molar-refractivity contribution in [2.45, 2.75) is 0 Å². The summed E-state index contributed by atoms with van der Waals surface area (Å²) in [6, 6.07) is 4.78. The SMILES string of the molecule is Cn1ncc(C(=O)O)c1-c1cn(C)c2cccc(F)c12. The molecule has 0 atom stereocenters. The molecular formula is C14H12FN3O2. The van der Waals surface area contributed by atoms with Gasteiger partial charge in [-0.25, -0.2) is 9.18 Å². The third-order valence-electron chi connectivity index (χ3n) is 3.39. The Kier molecular flexibility index (Phi) is 2.60. The highest BCUT2D eigenvalue weighted by Crippen LogP contribution is 2.33. The Labute approximate surface area is 113 Å². The van der Waals surface area contributed by atoms with Crippen molar-refractivity contribution in [3.05, 3.63) is 42.0 Å². The molecule has 0 unspecified atom stereocenters. The molecule has 0 aliphatic heterocycles. The number of carboxylic acid groups (broad SMARTS) is 1. The van der Waals surface area contributed by atoms with E-state index in [0.29, 0.717) is 22.2 Å². The van der Waals surface area contributed by atoms with E-state index >= 15 is 0 Å². The van der Waals surface area contributed by atoms with Crippen LogP contribution in [-0.2, 0) is 14.1 Å². The number of fused-ring (bicyclic) bond motifs is 1. The molecule has 3 rings (SSSR count). The highest BCUT2D eigenvalue weighted by molar-refractivity contribution is 6.02. The number of aryl methyl sites for hydroxylation is 2. The zero-order valence-electron chi connectivity index (χ0n) is 11.0. The molecule has 0 spiro atoms. The minimum absolute atomic E-state index is 0.0586. The van der Waals surface area contributed by atoms with Gasteiger partial charge in [-0.1, -0.05) is 6.07 Å². The summed E-state index contributed by atoms with van der Waals surface area (Å²) in [4.78, 5) is 11.3. The summed E-state index contributed by atoms with van der Waals surface area (Å²) in [6.45, 7) is 0. The Morgan fingerprint density at radius 1 is 1.35 bits per heavy atom. The average molecular weight is 273 g/mol. The lowest BCUT2D eigenvalue weighted by Gasteiger charge is -2.03. The van der Waals surface area contributed by atoms with Crippen molar-refractivity contribution < 1.29 is 14.3 Å². The van der Waals surface area contributed by atoms with Crippen LogP contribution in [0.1, 0.15) is 10.4 Å². The van der Waals surface area contributed by atoms with E-state index < -0.39 is 5.97 Å². The number of carboxylic acids is 1. The number of halogens is 1. The van der Waals surface area contributed by atoms with Crippen LogP contribution in [0.15, 0.2) is 30.6 Å². The first kappa shape index (κ1) is 12.4. The van der Waals surface area contributed by atoms with Gasteiger partial charge in [0.05, 0.1) is 17.4 Å². The largest absolute Gasteiger partial charge is 0.478 e. The van der Waals surface area contributed by atoms with Gasteiger partial charge in [0, 0.05) is 31.2 Å². The summed E-state index contributed by atoms with van der Waals surface area (Å²) in [5.41, 5.74) is 1.69. The van der Waals surface area contributed by atoms with Crippen molar-refractivity contribution >= 4 is 16.9 Å². The first-order valence-electron chi connectivity index (χ1n) is 6.00. The first-order valence-corrected chi connectivity index (χ1v) is 6.00. The van der Waals surface area contributed by atoms with Gasteiger partial charge in [0.15, 0.2) is 0 Å². The van der Waals surface area contributed by atoms with Crippen LogP contribution in [0.3, 0.4) is 0 Å². The summed E-state index contributed by atoms with van der Waals surface area (Å²) in [7, 11) is 3.43. The lowest BCUT2D eigenvalue weighted by molar-refractivity contribution is 0.0697. The normalized spacial score (nSPS) is 11.2. The maximum atomic E-state index is 14.1. The molecule has 6 heteroatoms. The fourth-order valence-electron chi connectivity index (χ4n) is 2.49. The number of benzene rings is 1. The molecule has 2 aromatic heterocycles. The molecule has 0 bridgehead atoms. The molecule has 3 aromatic rings. The topological polar surface area (TPSA) is 60.1 Å². The molecule has 102 valence electrons. The van der Waals surface area contributed by atoms with E-state index in [9.17, 15) is 14.3 Å². The number of rotatable bonds is 2. The molecule has 0 saturated heterocycles. The van der Waals surface area contributed by atoms with Crippen LogP contribution in [0.4, 0.5) is 4.39 Å². The average Bonchev–Trinajstić information content (AvgIpc) is 2.92. The van der Waals surface area contributed by atoms with Crippen molar-refractivity contribution in [1.82, 2.24) is 14.3 Å². The highest BCUT2D eigenvalue weighted by atomic mass is 19.1. The second-order valence-corrected chi connectivity index (χ2v) is 4.62. The van der Waals surface area contributed by atoms with Crippen molar-refractivity contribution in [2.75, 3.05) is 0 Å². The van der Waals surface area contributed by atoms with Gasteiger partial charge in [-0.3, -0.25) is 4.68 Å². The Balaban J connectivity index is 2.42. The summed E-state index contributed by atoms with van der Waals surface area (Å²) in [5, 5.41) is 13.6. The monoisotopic (exact) mass is 273 g/mol. The number of nitrogens with zero attached hydrogens (tertiary/aromatic N) is 3. The van der Waals surface area contributed by atoms with Crippen molar-refractivity contribution in [3.8, 4) is 11.3 Å². The smallest absolute Gasteiger partial charge is 0.339 e. The fraction of sp³-hybridized carbons (Fsp3) is 0.143. The highest BCUT2D eigenvalue weighted by Gasteiger charge is 2.21. The molecule has 0 saturated carbocycles. The third-order valence-corrected chi connectivity index (χ3v) is 3.39. The number of aromatic carboxylic acids is 1.